The van der Waals surface area contributed by atoms with E-state index in [4.69, 9.17) is 4.74 Å². The highest BCUT2D eigenvalue weighted by Crippen LogP contribution is 2.20. The number of para-hydroxylation sites is 1. The van der Waals surface area contributed by atoms with Crippen LogP contribution in [0.15, 0.2) is 35.5 Å². The average molecular weight is 384 g/mol. The number of benzene rings is 1. The van der Waals surface area contributed by atoms with E-state index in [9.17, 15) is 8.42 Å². The zero-order valence-corrected chi connectivity index (χ0v) is 16.5. The molecule has 1 heterocycles. The highest BCUT2D eigenvalue weighted by molar-refractivity contribution is 8.00. The van der Waals surface area contributed by atoms with E-state index >= 15 is 0 Å². The van der Waals surface area contributed by atoms with Crippen LogP contribution in [0.4, 0.5) is 0 Å². The van der Waals surface area contributed by atoms with Gasteiger partial charge in [0, 0.05) is 18.6 Å². The summed E-state index contributed by atoms with van der Waals surface area (Å²) in [5.74, 6) is 2.70. The molecule has 8 heteroatoms. The second-order valence-corrected chi connectivity index (χ2v) is 9.63. The minimum absolute atomic E-state index is 0.130. The first kappa shape index (κ1) is 19.8. The lowest BCUT2D eigenvalue weighted by atomic mass is 10.1. The predicted molar refractivity (Wildman–Crippen MR) is 101 cm³/mol. The lowest BCUT2D eigenvalue weighted by Gasteiger charge is -2.12. The van der Waals surface area contributed by atoms with Gasteiger partial charge in [-0.1, -0.05) is 43.8 Å². The summed E-state index contributed by atoms with van der Waals surface area (Å²) in [6.07, 6.45) is 2.24. The maximum atomic E-state index is 11.3. The molecule has 138 valence electrons. The lowest BCUT2D eigenvalue weighted by molar-refractivity contribution is 0.285. The maximum Gasteiger partial charge on any atom is 0.191 e. The van der Waals surface area contributed by atoms with Crippen LogP contribution in [0.3, 0.4) is 0 Å². The minimum Gasteiger partial charge on any atom is -0.486 e. The molecule has 2 aromatic rings. The normalized spacial score (nSPS) is 11.8. The molecule has 6 nitrogen and oxygen atoms in total. The zero-order chi connectivity index (χ0) is 18.3. The lowest BCUT2D eigenvalue weighted by Crippen LogP contribution is -2.11. The third kappa shape index (κ3) is 7.07. The van der Waals surface area contributed by atoms with Crippen molar-refractivity contribution in [3.63, 3.8) is 0 Å². The van der Waals surface area contributed by atoms with Gasteiger partial charge in [0.25, 0.3) is 0 Å². The summed E-state index contributed by atoms with van der Waals surface area (Å²) in [5.41, 5.74) is 0. The van der Waals surface area contributed by atoms with Gasteiger partial charge in [0.2, 0.25) is 0 Å². The molecule has 0 radical (unpaired) electrons. The van der Waals surface area contributed by atoms with Gasteiger partial charge in [-0.2, -0.15) is 0 Å². The molecule has 0 spiro atoms. The van der Waals surface area contributed by atoms with Crippen LogP contribution < -0.4 is 4.74 Å². The van der Waals surface area contributed by atoms with Crippen LogP contribution in [0.1, 0.15) is 26.1 Å². The number of rotatable bonds is 10. The summed E-state index contributed by atoms with van der Waals surface area (Å²) in [7, 11) is -2.98. The molecule has 0 saturated carbocycles. The highest BCUT2D eigenvalue weighted by atomic mass is 32.2. The summed E-state index contributed by atoms with van der Waals surface area (Å²) in [6, 6.07) is 9.58. The molecule has 0 N–H and O–H groups in total. The molecular weight excluding hydrogens is 358 g/mol. The average Bonchev–Trinajstić information content (AvgIpc) is 2.93. The molecule has 0 aliphatic rings. The van der Waals surface area contributed by atoms with Crippen LogP contribution in [-0.2, 0) is 23.0 Å². The van der Waals surface area contributed by atoms with Gasteiger partial charge in [-0.15, -0.1) is 10.2 Å². The second-order valence-electron chi connectivity index (χ2n) is 6.31. The quantitative estimate of drug-likeness (QED) is 0.587. The molecule has 0 amide bonds. The van der Waals surface area contributed by atoms with Crippen molar-refractivity contribution in [1.29, 1.82) is 0 Å². The van der Waals surface area contributed by atoms with Crippen LogP contribution >= 0.6 is 11.8 Å². The van der Waals surface area contributed by atoms with E-state index in [0.29, 0.717) is 18.3 Å². The topological polar surface area (TPSA) is 74.1 Å². The Kier molecular flexibility index (Phi) is 7.31. The Morgan fingerprint density at radius 1 is 1.20 bits per heavy atom. The fraction of sp³-hybridized carbons (Fsp3) is 0.529. The Hall–Kier alpha value is -1.54. The van der Waals surface area contributed by atoms with Crippen molar-refractivity contribution in [2.75, 3.05) is 17.8 Å². The van der Waals surface area contributed by atoms with Gasteiger partial charge in [-0.3, -0.25) is 0 Å². The monoisotopic (exact) mass is 383 g/mol. The molecule has 1 aromatic heterocycles. The predicted octanol–water partition coefficient (Wildman–Crippen LogP) is 3.04. The molecule has 0 aliphatic heterocycles. The fourth-order valence-electron chi connectivity index (χ4n) is 2.09. The summed E-state index contributed by atoms with van der Waals surface area (Å²) in [5, 5.41) is 9.22. The molecule has 0 saturated heterocycles. The number of ether oxygens (including phenoxy) is 1. The minimum atomic E-state index is -2.98. The van der Waals surface area contributed by atoms with Crippen molar-refractivity contribution in [2.45, 2.75) is 38.6 Å². The van der Waals surface area contributed by atoms with E-state index < -0.39 is 9.84 Å². The van der Waals surface area contributed by atoms with E-state index in [1.54, 1.807) is 0 Å². The third-order valence-electron chi connectivity index (χ3n) is 3.52. The van der Waals surface area contributed by atoms with Crippen LogP contribution in [0.25, 0.3) is 0 Å². The molecule has 0 bridgehead atoms. The Morgan fingerprint density at radius 3 is 2.56 bits per heavy atom. The molecule has 0 aliphatic carbocycles. The molecule has 25 heavy (non-hydrogen) atoms. The highest BCUT2D eigenvalue weighted by Gasteiger charge is 2.14. The third-order valence-corrected chi connectivity index (χ3v) is 5.69. The van der Waals surface area contributed by atoms with E-state index in [0.717, 1.165) is 29.7 Å². The van der Waals surface area contributed by atoms with Crippen LogP contribution in [0.5, 0.6) is 5.75 Å². The van der Waals surface area contributed by atoms with E-state index in [1.165, 1.54) is 18.0 Å². The number of hydrogen-bond acceptors (Lipinski definition) is 6. The Labute approximate surface area is 153 Å². The van der Waals surface area contributed by atoms with Crippen molar-refractivity contribution in [3.05, 3.63) is 36.2 Å². The summed E-state index contributed by atoms with van der Waals surface area (Å²) in [6.45, 7) is 5.46. The van der Waals surface area contributed by atoms with Crippen molar-refractivity contribution >= 4 is 21.6 Å². The number of aromatic nitrogens is 3. The first-order valence-electron chi connectivity index (χ1n) is 8.25. The van der Waals surface area contributed by atoms with Crippen molar-refractivity contribution in [1.82, 2.24) is 14.8 Å². The Bertz CT molecular complexity index is 759. The van der Waals surface area contributed by atoms with Crippen molar-refractivity contribution < 1.29 is 13.2 Å². The molecule has 1 aromatic carbocycles. The number of thioether (sulfide) groups is 1. The van der Waals surface area contributed by atoms with Gasteiger partial charge < -0.3 is 9.30 Å². The molecule has 0 fully saturated rings. The summed E-state index contributed by atoms with van der Waals surface area (Å²) >= 11 is 1.42. The van der Waals surface area contributed by atoms with Gasteiger partial charge >= 0.3 is 0 Å². The second kappa shape index (κ2) is 9.24. The molecular formula is C17H25N3O3S2. The number of sulfone groups is 1. The SMILES string of the molecule is CC(C)CCn1c(COc2ccccc2)nnc1SCCS(C)(=O)=O. The smallest absolute Gasteiger partial charge is 0.191 e. The Morgan fingerprint density at radius 2 is 1.92 bits per heavy atom. The number of hydrogen-bond donors (Lipinski definition) is 0. The van der Waals surface area contributed by atoms with Gasteiger partial charge in [0.1, 0.15) is 22.2 Å². The largest absolute Gasteiger partial charge is 0.486 e. The molecule has 0 atom stereocenters. The molecule has 0 unspecified atom stereocenters. The van der Waals surface area contributed by atoms with E-state index in [-0.39, 0.29) is 5.75 Å². The first-order chi connectivity index (χ1) is 11.8. The summed E-state index contributed by atoms with van der Waals surface area (Å²) < 4.78 is 30.4. The van der Waals surface area contributed by atoms with Gasteiger partial charge in [-0.25, -0.2) is 8.42 Å². The molecule has 2 rings (SSSR count). The standard InChI is InChI=1S/C17H25N3O3S2/c1-14(2)9-10-20-16(13-23-15-7-5-4-6-8-15)18-19-17(20)24-11-12-25(3,21)22/h4-8,14H,9-13H2,1-3H3. The van der Waals surface area contributed by atoms with Crippen LogP contribution in [-0.4, -0.2) is 40.9 Å². The van der Waals surface area contributed by atoms with Crippen molar-refractivity contribution in [2.24, 2.45) is 5.92 Å². The Balaban J connectivity index is 2.06. The fourth-order valence-corrected chi connectivity index (χ4v) is 4.27. The maximum absolute atomic E-state index is 11.3. The van der Waals surface area contributed by atoms with Gasteiger partial charge in [0.15, 0.2) is 11.0 Å². The first-order valence-corrected chi connectivity index (χ1v) is 11.3. The van der Waals surface area contributed by atoms with E-state index in [2.05, 4.69) is 24.0 Å². The zero-order valence-electron chi connectivity index (χ0n) is 14.9. The summed E-state index contributed by atoms with van der Waals surface area (Å²) in [4.78, 5) is 0. The number of nitrogens with zero attached hydrogens (tertiary/aromatic N) is 3. The van der Waals surface area contributed by atoms with E-state index in [1.807, 2.05) is 34.9 Å². The van der Waals surface area contributed by atoms with Crippen molar-refractivity contribution in [3.8, 4) is 5.75 Å². The van der Waals surface area contributed by atoms with Crippen LogP contribution in [0, 0.1) is 5.92 Å². The van der Waals surface area contributed by atoms with Gasteiger partial charge in [-0.05, 0) is 24.5 Å². The van der Waals surface area contributed by atoms with Crippen LogP contribution in [0.2, 0.25) is 0 Å². The van der Waals surface area contributed by atoms with Gasteiger partial charge in [0.05, 0.1) is 5.75 Å².